The van der Waals surface area contributed by atoms with Gasteiger partial charge in [0.15, 0.2) is 0 Å². The molecule has 0 saturated carbocycles. The quantitative estimate of drug-likeness (QED) is 0.456. The molecule has 0 N–H and O–H groups in total. The van der Waals surface area contributed by atoms with Crippen LogP contribution in [0.3, 0.4) is 0 Å². The van der Waals surface area contributed by atoms with Gasteiger partial charge in [-0.05, 0) is 79.2 Å². The molecule has 0 saturated heterocycles. The van der Waals surface area contributed by atoms with Crippen LogP contribution in [0.1, 0.15) is 26.3 Å². The highest BCUT2D eigenvalue weighted by atomic mass is 16.5. The van der Waals surface area contributed by atoms with Crippen molar-refractivity contribution in [1.82, 2.24) is 0 Å². The minimum Gasteiger partial charge on any atom is -0.497 e. The molecule has 3 aromatic rings. The van der Waals surface area contributed by atoms with E-state index in [-0.39, 0.29) is 0 Å². The zero-order chi connectivity index (χ0) is 20.8. The molecule has 6 heteroatoms. The summed E-state index contributed by atoms with van der Waals surface area (Å²) in [5.41, 5.74) is 1.46. The summed E-state index contributed by atoms with van der Waals surface area (Å²) in [4.78, 5) is 24.6. The minimum atomic E-state index is -0.491. The zero-order valence-corrected chi connectivity index (χ0v) is 16.3. The third-order valence-corrected chi connectivity index (χ3v) is 4.21. The van der Waals surface area contributed by atoms with Crippen LogP contribution < -0.4 is 18.9 Å². The number of aryl methyl sites for hydroxylation is 1. The molecule has 3 rings (SSSR count). The van der Waals surface area contributed by atoms with Crippen LogP contribution in [0.4, 0.5) is 0 Å². The van der Waals surface area contributed by atoms with Gasteiger partial charge >= 0.3 is 11.9 Å². The van der Waals surface area contributed by atoms with Crippen molar-refractivity contribution in [3.05, 3.63) is 83.4 Å². The van der Waals surface area contributed by atoms with Gasteiger partial charge in [0.25, 0.3) is 0 Å². The third-order valence-electron chi connectivity index (χ3n) is 4.21. The molecule has 6 nitrogen and oxygen atoms in total. The molecule has 0 bridgehead atoms. The van der Waals surface area contributed by atoms with Gasteiger partial charge in [-0.2, -0.15) is 0 Å². The molecular formula is C23H20O6. The number of esters is 2. The number of hydrogen-bond acceptors (Lipinski definition) is 6. The van der Waals surface area contributed by atoms with Crippen LogP contribution in [0, 0.1) is 6.92 Å². The zero-order valence-electron chi connectivity index (χ0n) is 16.3. The standard InChI is InChI=1S/C23H20O6/c1-15-14-20(28-22(24)16-4-8-18(26-2)9-5-16)12-13-21(15)29-23(25)17-6-10-19(27-3)11-7-17/h4-14H,1-3H3. The number of carbonyl (C=O) groups is 2. The number of methoxy groups -OCH3 is 2. The van der Waals surface area contributed by atoms with Crippen LogP contribution in [0.5, 0.6) is 23.0 Å². The summed E-state index contributed by atoms with van der Waals surface area (Å²) in [6.45, 7) is 1.77. The molecular weight excluding hydrogens is 372 g/mol. The summed E-state index contributed by atoms with van der Waals surface area (Å²) in [5, 5.41) is 0. The van der Waals surface area contributed by atoms with Gasteiger partial charge in [0, 0.05) is 0 Å². The van der Waals surface area contributed by atoms with Gasteiger partial charge in [0.05, 0.1) is 25.3 Å². The van der Waals surface area contributed by atoms with Crippen molar-refractivity contribution in [3.63, 3.8) is 0 Å². The lowest BCUT2D eigenvalue weighted by Crippen LogP contribution is -2.10. The number of benzene rings is 3. The molecule has 3 aromatic carbocycles. The van der Waals surface area contributed by atoms with Gasteiger partial charge in [-0.15, -0.1) is 0 Å². The fourth-order valence-electron chi connectivity index (χ4n) is 2.58. The van der Waals surface area contributed by atoms with Crippen LogP contribution in [-0.2, 0) is 0 Å². The molecule has 0 aliphatic rings. The topological polar surface area (TPSA) is 71.1 Å². The lowest BCUT2D eigenvalue weighted by molar-refractivity contribution is 0.0718. The Bertz CT molecular complexity index is 1010. The van der Waals surface area contributed by atoms with Crippen molar-refractivity contribution in [2.24, 2.45) is 0 Å². The second kappa shape index (κ2) is 8.93. The maximum Gasteiger partial charge on any atom is 0.343 e. The Morgan fingerprint density at radius 1 is 0.621 bits per heavy atom. The summed E-state index contributed by atoms with van der Waals surface area (Å²) >= 11 is 0. The van der Waals surface area contributed by atoms with E-state index in [1.165, 1.54) is 0 Å². The van der Waals surface area contributed by atoms with Crippen molar-refractivity contribution in [2.75, 3.05) is 14.2 Å². The second-order valence-electron chi connectivity index (χ2n) is 6.16. The maximum absolute atomic E-state index is 12.3. The summed E-state index contributed by atoms with van der Waals surface area (Å²) in [6.07, 6.45) is 0. The highest BCUT2D eigenvalue weighted by Gasteiger charge is 2.13. The molecule has 0 spiro atoms. The van der Waals surface area contributed by atoms with Crippen molar-refractivity contribution >= 4 is 11.9 Å². The van der Waals surface area contributed by atoms with E-state index in [0.717, 1.165) is 0 Å². The number of carbonyl (C=O) groups excluding carboxylic acids is 2. The Morgan fingerprint density at radius 3 is 1.52 bits per heavy atom. The van der Waals surface area contributed by atoms with Crippen LogP contribution >= 0.6 is 0 Å². The minimum absolute atomic E-state index is 0.354. The van der Waals surface area contributed by atoms with Crippen molar-refractivity contribution < 1.29 is 28.5 Å². The SMILES string of the molecule is COc1ccc(C(=O)Oc2ccc(OC(=O)c3ccc(OC)cc3)c(C)c2)cc1. The van der Waals surface area contributed by atoms with E-state index < -0.39 is 11.9 Å². The Kier molecular flexibility index (Phi) is 6.14. The first kappa shape index (κ1) is 19.9. The fourth-order valence-corrected chi connectivity index (χ4v) is 2.58. The second-order valence-corrected chi connectivity index (χ2v) is 6.16. The molecule has 0 amide bonds. The molecule has 148 valence electrons. The molecule has 0 aromatic heterocycles. The molecule has 0 unspecified atom stereocenters. The molecule has 0 aliphatic carbocycles. The van der Waals surface area contributed by atoms with E-state index >= 15 is 0 Å². The first-order chi connectivity index (χ1) is 14.0. The van der Waals surface area contributed by atoms with Gasteiger partial charge in [-0.1, -0.05) is 0 Å². The Labute approximate surface area is 168 Å². The first-order valence-electron chi connectivity index (χ1n) is 8.83. The molecule has 29 heavy (non-hydrogen) atoms. The smallest absolute Gasteiger partial charge is 0.343 e. The first-order valence-corrected chi connectivity index (χ1v) is 8.83. The molecule has 0 atom stereocenters. The monoisotopic (exact) mass is 392 g/mol. The fraction of sp³-hybridized carbons (Fsp3) is 0.130. The van der Waals surface area contributed by atoms with Crippen molar-refractivity contribution in [1.29, 1.82) is 0 Å². The molecule has 0 aliphatic heterocycles. The summed E-state index contributed by atoms with van der Waals surface area (Å²) in [6, 6.07) is 18.0. The molecule has 0 fully saturated rings. The van der Waals surface area contributed by atoms with Crippen LogP contribution in [-0.4, -0.2) is 26.2 Å². The molecule has 0 radical (unpaired) electrons. The Balaban J connectivity index is 1.67. The lowest BCUT2D eigenvalue weighted by Gasteiger charge is -2.10. The molecule has 0 heterocycles. The largest absolute Gasteiger partial charge is 0.497 e. The highest BCUT2D eigenvalue weighted by Crippen LogP contribution is 2.25. The Morgan fingerprint density at radius 2 is 1.07 bits per heavy atom. The lowest BCUT2D eigenvalue weighted by atomic mass is 10.2. The van der Waals surface area contributed by atoms with E-state index in [9.17, 15) is 9.59 Å². The predicted molar refractivity (Wildman–Crippen MR) is 107 cm³/mol. The summed E-state index contributed by atoms with van der Waals surface area (Å²) < 4.78 is 21.0. The van der Waals surface area contributed by atoms with Crippen molar-refractivity contribution in [3.8, 4) is 23.0 Å². The van der Waals surface area contributed by atoms with Gasteiger partial charge in [0.1, 0.15) is 23.0 Å². The van der Waals surface area contributed by atoms with E-state index in [1.54, 1.807) is 87.9 Å². The Hall–Kier alpha value is -3.80. The average molecular weight is 392 g/mol. The van der Waals surface area contributed by atoms with E-state index in [1.807, 2.05) is 0 Å². The number of ether oxygens (including phenoxy) is 4. The van der Waals surface area contributed by atoms with Crippen LogP contribution in [0.15, 0.2) is 66.7 Å². The summed E-state index contributed by atoms with van der Waals surface area (Å²) in [7, 11) is 3.11. The van der Waals surface area contributed by atoms with Crippen LogP contribution in [0.2, 0.25) is 0 Å². The van der Waals surface area contributed by atoms with Gasteiger partial charge in [-0.3, -0.25) is 0 Å². The van der Waals surface area contributed by atoms with Gasteiger partial charge in [0.2, 0.25) is 0 Å². The van der Waals surface area contributed by atoms with E-state index in [2.05, 4.69) is 0 Å². The highest BCUT2D eigenvalue weighted by molar-refractivity contribution is 5.92. The van der Waals surface area contributed by atoms with E-state index in [0.29, 0.717) is 39.7 Å². The van der Waals surface area contributed by atoms with Gasteiger partial charge in [-0.25, -0.2) is 9.59 Å². The third kappa shape index (κ3) is 4.93. The number of rotatable bonds is 6. The maximum atomic E-state index is 12.3. The normalized spacial score (nSPS) is 10.2. The average Bonchev–Trinajstić information content (AvgIpc) is 2.75. The van der Waals surface area contributed by atoms with E-state index in [4.69, 9.17) is 18.9 Å². The van der Waals surface area contributed by atoms with Gasteiger partial charge < -0.3 is 18.9 Å². The van der Waals surface area contributed by atoms with Crippen molar-refractivity contribution in [2.45, 2.75) is 6.92 Å². The predicted octanol–water partition coefficient (Wildman–Crippen LogP) is 4.45. The van der Waals surface area contributed by atoms with Crippen LogP contribution in [0.25, 0.3) is 0 Å². The number of hydrogen-bond donors (Lipinski definition) is 0. The summed E-state index contributed by atoms with van der Waals surface area (Å²) in [5.74, 6) is 1.07.